The van der Waals surface area contributed by atoms with E-state index in [1.165, 1.54) is 36.0 Å². The highest BCUT2D eigenvalue weighted by Crippen LogP contribution is 2.48. The normalized spacial score (nSPS) is 18.1. The molecule has 1 aliphatic carbocycles. The lowest BCUT2D eigenvalue weighted by atomic mass is 9.95. The largest absolute Gasteiger partial charge is 0.492 e. The third kappa shape index (κ3) is 2.61. The second-order valence-electron chi connectivity index (χ2n) is 5.45. The molecule has 2 unspecified atom stereocenters. The SMILES string of the molecule is CCC1CCc2c(C)c(OC)c(OC)c(OP)c2CC1. The zero-order valence-corrected chi connectivity index (χ0v) is 14.1. The van der Waals surface area contributed by atoms with Gasteiger partial charge in [0.2, 0.25) is 5.75 Å². The first-order chi connectivity index (χ1) is 9.67. The zero-order valence-electron chi connectivity index (χ0n) is 12.9. The smallest absolute Gasteiger partial charge is 0.204 e. The minimum absolute atomic E-state index is 0.716. The minimum atomic E-state index is 0.716. The number of benzene rings is 1. The summed E-state index contributed by atoms with van der Waals surface area (Å²) in [7, 11) is 5.71. The summed E-state index contributed by atoms with van der Waals surface area (Å²) in [5.41, 5.74) is 3.88. The Hall–Kier alpha value is -0.950. The van der Waals surface area contributed by atoms with Crippen molar-refractivity contribution in [3.8, 4) is 17.2 Å². The van der Waals surface area contributed by atoms with E-state index >= 15 is 0 Å². The first-order valence-corrected chi connectivity index (χ1v) is 7.77. The highest BCUT2D eigenvalue weighted by molar-refractivity contribution is 7.10. The van der Waals surface area contributed by atoms with Gasteiger partial charge in [0.25, 0.3) is 0 Å². The topological polar surface area (TPSA) is 27.7 Å². The predicted octanol–water partition coefficient (Wildman–Crippen LogP) is 4.09. The summed E-state index contributed by atoms with van der Waals surface area (Å²) in [5, 5.41) is 0. The van der Waals surface area contributed by atoms with Crippen LogP contribution in [0.4, 0.5) is 0 Å². The van der Waals surface area contributed by atoms with E-state index in [9.17, 15) is 0 Å². The first-order valence-electron chi connectivity index (χ1n) is 7.30. The molecule has 0 amide bonds. The van der Waals surface area contributed by atoms with Crippen molar-refractivity contribution >= 4 is 9.47 Å². The molecule has 0 aromatic heterocycles. The second-order valence-corrected chi connectivity index (χ2v) is 5.68. The van der Waals surface area contributed by atoms with Gasteiger partial charge >= 0.3 is 0 Å². The van der Waals surface area contributed by atoms with Gasteiger partial charge in [-0.25, -0.2) is 0 Å². The molecule has 2 atom stereocenters. The standard InChI is InChI=1S/C16H25O3P/c1-5-11-6-8-12-10(2)14(17-3)16(18-4)15(19-20)13(12)9-7-11/h11H,5-9,20H2,1-4H3. The van der Waals surface area contributed by atoms with E-state index in [1.807, 2.05) is 0 Å². The Labute approximate surface area is 124 Å². The van der Waals surface area contributed by atoms with Crippen molar-refractivity contribution in [2.45, 2.75) is 46.0 Å². The van der Waals surface area contributed by atoms with Gasteiger partial charge in [0, 0.05) is 5.56 Å². The number of hydrogen-bond donors (Lipinski definition) is 0. The number of ether oxygens (including phenoxy) is 2. The van der Waals surface area contributed by atoms with E-state index in [2.05, 4.69) is 23.3 Å². The fourth-order valence-corrected chi connectivity index (χ4v) is 3.57. The van der Waals surface area contributed by atoms with Crippen LogP contribution in [0.2, 0.25) is 0 Å². The maximum atomic E-state index is 5.57. The Morgan fingerprint density at radius 3 is 2.10 bits per heavy atom. The van der Waals surface area contributed by atoms with Gasteiger partial charge in [-0.1, -0.05) is 13.3 Å². The summed E-state index contributed by atoms with van der Waals surface area (Å²) >= 11 is 0. The van der Waals surface area contributed by atoms with Gasteiger partial charge < -0.3 is 14.0 Å². The Morgan fingerprint density at radius 2 is 1.60 bits per heavy atom. The van der Waals surface area contributed by atoms with E-state index in [-0.39, 0.29) is 0 Å². The Kier molecular flexibility index (Phi) is 5.15. The molecule has 0 aliphatic heterocycles. The van der Waals surface area contributed by atoms with Crippen LogP contribution in [-0.4, -0.2) is 14.2 Å². The molecule has 1 aromatic rings. The molecular weight excluding hydrogens is 271 g/mol. The van der Waals surface area contributed by atoms with Crippen LogP contribution >= 0.6 is 9.47 Å². The fraction of sp³-hybridized carbons (Fsp3) is 0.625. The van der Waals surface area contributed by atoms with Crippen molar-refractivity contribution in [1.29, 1.82) is 0 Å². The third-order valence-corrected chi connectivity index (χ3v) is 4.79. The van der Waals surface area contributed by atoms with Crippen LogP contribution in [-0.2, 0) is 12.8 Å². The average Bonchev–Trinajstić information content (AvgIpc) is 2.69. The van der Waals surface area contributed by atoms with Crippen LogP contribution in [0, 0.1) is 12.8 Å². The molecule has 0 spiro atoms. The summed E-state index contributed by atoms with van der Waals surface area (Å²) in [6.07, 6.45) is 5.87. The van der Waals surface area contributed by atoms with Crippen LogP contribution < -0.4 is 14.0 Å². The first kappa shape index (κ1) is 15.4. The zero-order chi connectivity index (χ0) is 14.7. The second kappa shape index (κ2) is 6.67. The van der Waals surface area contributed by atoms with Crippen LogP contribution in [0.3, 0.4) is 0 Å². The lowest BCUT2D eigenvalue weighted by Crippen LogP contribution is -2.04. The molecular formula is C16H25O3P. The van der Waals surface area contributed by atoms with Gasteiger partial charge in [-0.15, -0.1) is 0 Å². The molecule has 4 heteroatoms. The highest BCUT2D eigenvalue weighted by atomic mass is 31.0. The molecule has 0 bridgehead atoms. The molecule has 2 rings (SSSR count). The summed E-state index contributed by atoms with van der Waals surface area (Å²) in [4.78, 5) is 0. The molecule has 3 nitrogen and oxygen atoms in total. The van der Waals surface area contributed by atoms with E-state index in [0.717, 1.165) is 30.3 Å². The van der Waals surface area contributed by atoms with E-state index in [4.69, 9.17) is 14.0 Å². The van der Waals surface area contributed by atoms with Gasteiger partial charge in [-0.05, 0) is 49.7 Å². The molecule has 0 N–H and O–H groups in total. The average molecular weight is 296 g/mol. The van der Waals surface area contributed by atoms with E-state index in [1.54, 1.807) is 14.2 Å². The number of hydrogen-bond acceptors (Lipinski definition) is 3. The predicted molar refractivity (Wildman–Crippen MR) is 85.0 cm³/mol. The van der Waals surface area contributed by atoms with Crippen LogP contribution in [0.1, 0.15) is 42.9 Å². The van der Waals surface area contributed by atoms with Crippen molar-refractivity contribution in [3.05, 3.63) is 16.7 Å². The van der Waals surface area contributed by atoms with Gasteiger partial charge in [0.15, 0.2) is 11.5 Å². The minimum Gasteiger partial charge on any atom is -0.492 e. The van der Waals surface area contributed by atoms with Gasteiger partial charge in [0.05, 0.1) is 23.7 Å². The van der Waals surface area contributed by atoms with Gasteiger partial charge in [-0.3, -0.25) is 0 Å². The van der Waals surface area contributed by atoms with Crippen LogP contribution in [0.15, 0.2) is 0 Å². The number of fused-ring (bicyclic) bond motifs is 1. The van der Waals surface area contributed by atoms with Crippen molar-refractivity contribution in [3.63, 3.8) is 0 Å². The molecule has 0 saturated carbocycles. The monoisotopic (exact) mass is 296 g/mol. The lowest BCUT2D eigenvalue weighted by molar-refractivity contribution is 0.342. The Morgan fingerprint density at radius 1 is 1.00 bits per heavy atom. The van der Waals surface area contributed by atoms with Gasteiger partial charge in [-0.2, -0.15) is 0 Å². The molecule has 0 radical (unpaired) electrons. The highest BCUT2D eigenvalue weighted by Gasteiger charge is 2.26. The molecule has 20 heavy (non-hydrogen) atoms. The summed E-state index contributed by atoms with van der Waals surface area (Å²) < 4.78 is 16.7. The molecule has 0 fully saturated rings. The third-order valence-electron chi connectivity index (χ3n) is 4.55. The van der Waals surface area contributed by atoms with E-state index in [0.29, 0.717) is 5.75 Å². The van der Waals surface area contributed by atoms with Crippen LogP contribution in [0.5, 0.6) is 17.2 Å². The molecule has 0 saturated heterocycles. The van der Waals surface area contributed by atoms with Crippen molar-refractivity contribution in [2.24, 2.45) is 5.92 Å². The Bertz CT molecular complexity index is 485. The molecule has 112 valence electrons. The maximum Gasteiger partial charge on any atom is 0.204 e. The number of rotatable bonds is 4. The summed E-state index contributed by atoms with van der Waals surface area (Å²) in [6.45, 7) is 4.40. The fourth-order valence-electron chi connectivity index (χ4n) is 3.32. The number of methoxy groups -OCH3 is 2. The molecule has 1 aliphatic rings. The quantitative estimate of drug-likeness (QED) is 0.619. The summed E-state index contributed by atoms with van der Waals surface area (Å²) in [6, 6.07) is 0. The Balaban J connectivity index is 2.59. The van der Waals surface area contributed by atoms with Gasteiger partial charge in [0.1, 0.15) is 0 Å². The van der Waals surface area contributed by atoms with E-state index < -0.39 is 0 Å². The lowest BCUT2D eigenvalue weighted by Gasteiger charge is -2.21. The molecule has 1 aromatic carbocycles. The van der Waals surface area contributed by atoms with Crippen molar-refractivity contribution < 1.29 is 14.0 Å². The van der Waals surface area contributed by atoms with Crippen molar-refractivity contribution in [1.82, 2.24) is 0 Å². The van der Waals surface area contributed by atoms with Crippen molar-refractivity contribution in [2.75, 3.05) is 14.2 Å². The summed E-state index contributed by atoms with van der Waals surface area (Å²) in [5.74, 6) is 3.15. The van der Waals surface area contributed by atoms with Crippen LogP contribution in [0.25, 0.3) is 0 Å². The molecule has 0 heterocycles. The maximum absolute atomic E-state index is 5.57.